The second kappa shape index (κ2) is 8.57. The van der Waals surface area contributed by atoms with Crippen molar-refractivity contribution in [2.24, 2.45) is 0 Å². The maximum Gasteiger partial charge on any atom is 0.338 e. The van der Waals surface area contributed by atoms with Crippen LogP contribution in [0.2, 0.25) is 0 Å². The molecule has 3 aromatic carbocycles. The van der Waals surface area contributed by atoms with E-state index in [-0.39, 0.29) is 18.6 Å². The molecule has 3 aromatic rings. The molecule has 0 heterocycles. The quantitative estimate of drug-likeness (QED) is 0.654. The summed E-state index contributed by atoms with van der Waals surface area (Å²) in [6.45, 7) is 3.45. The van der Waals surface area contributed by atoms with E-state index >= 15 is 0 Å². The van der Waals surface area contributed by atoms with Gasteiger partial charge in [-0.3, -0.25) is 4.79 Å². The van der Waals surface area contributed by atoms with Gasteiger partial charge in [-0.05, 0) is 47.9 Å². The highest BCUT2D eigenvalue weighted by Gasteiger charge is 2.15. The molecule has 0 unspecified atom stereocenters. The largest absolute Gasteiger partial charge is 0.496 e. The molecule has 0 aliphatic rings. The third-order valence-corrected chi connectivity index (χ3v) is 4.65. The SMILES string of the molecule is COc1cc(C(=O)OCC(=O)N[C@@H](C)c2cccc3ccccc23)ccc1C. The van der Waals surface area contributed by atoms with Gasteiger partial charge in [-0.1, -0.05) is 48.5 Å². The van der Waals surface area contributed by atoms with Gasteiger partial charge >= 0.3 is 5.97 Å². The van der Waals surface area contributed by atoms with Crippen molar-refractivity contribution in [2.45, 2.75) is 19.9 Å². The van der Waals surface area contributed by atoms with Crippen LogP contribution in [0.15, 0.2) is 60.7 Å². The molecule has 5 nitrogen and oxygen atoms in total. The monoisotopic (exact) mass is 377 g/mol. The summed E-state index contributed by atoms with van der Waals surface area (Å²) in [5.41, 5.74) is 2.28. The average Bonchev–Trinajstić information content (AvgIpc) is 2.71. The number of methoxy groups -OCH3 is 1. The van der Waals surface area contributed by atoms with Crippen LogP contribution in [0, 0.1) is 6.92 Å². The number of rotatable bonds is 6. The van der Waals surface area contributed by atoms with E-state index in [0.717, 1.165) is 21.9 Å². The molecule has 0 saturated heterocycles. The van der Waals surface area contributed by atoms with E-state index in [2.05, 4.69) is 5.32 Å². The standard InChI is InChI=1S/C23H23NO4/c1-15-11-12-18(13-21(15)27-3)23(26)28-14-22(25)24-16(2)19-10-6-8-17-7-4-5-9-20(17)19/h4-13,16H,14H2,1-3H3,(H,24,25)/t16-/m0/s1. The number of hydrogen-bond acceptors (Lipinski definition) is 4. The molecule has 3 rings (SSSR count). The van der Waals surface area contributed by atoms with E-state index in [9.17, 15) is 9.59 Å². The first-order chi connectivity index (χ1) is 13.5. The third kappa shape index (κ3) is 4.31. The molecule has 0 aliphatic heterocycles. The molecule has 0 aliphatic carbocycles. The van der Waals surface area contributed by atoms with E-state index in [1.165, 1.54) is 0 Å². The van der Waals surface area contributed by atoms with E-state index < -0.39 is 5.97 Å². The highest BCUT2D eigenvalue weighted by molar-refractivity contribution is 5.92. The summed E-state index contributed by atoms with van der Waals surface area (Å²) in [4.78, 5) is 24.5. The number of hydrogen-bond donors (Lipinski definition) is 1. The van der Waals surface area contributed by atoms with Gasteiger partial charge in [-0.15, -0.1) is 0 Å². The lowest BCUT2D eigenvalue weighted by Crippen LogP contribution is -2.31. The van der Waals surface area contributed by atoms with Crippen LogP contribution in [0.3, 0.4) is 0 Å². The molecule has 0 aromatic heterocycles. The summed E-state index contributed by atoms with van der Waals surface area (Å²) in [7, 11) is 1.54. The van der Waals surface area contributed by atoms with Gasteiger partial charge in [0.25, 0.3) is 5.91 Å². The van der Waals surface area contributed by atoms with Crippen molar-refractivity contribution >= 4 is 22.6 Å². The maximum absolute atomic E-state index is 12.3. The number of carbonyl (C=O) groups is 2. The number of carbonyl (C=O) groups excluding carboxylic acids is 2. The predicted octanol–water partition coefficient (Wildman–Crippen LogP) is 4.19. The van der Waals surface area contributed by atoms with Crippen molar-refractivity contribution in [2.75, 3.05) is 13.7 Å². The molecule has 0 saturated carbocycles. The van der Waals surface area contributed by atoms with Gasteiger partial charge in [0.1, 0.15) is 5.75 Å². The molecule has 0 bridgehead atoms. The lowest BCUT2D eigenvalue weighted by Gasteiger charge is -2.16. The van der Waals surface area contributed by atoms with Crippen LogP contribution in [0.4, 0.5) is 0 Å². The fourth-order valence-electron chi connectivity index (χ4n) is 3.15. The van der Waals surface area contributed by atoms with Crippen LogP contribution in [0.25, 0.3) is 10.8 Å². The summed E-state index contributed by atoms with van der Waals surface area (Å²) >= 11 is 0. The Balaban J connectivity index is 1.61. The second-order valence-corrected chi connectivity index (χ2v) is 6.62. The highest BCUT2D eigenvalue weighted by atomic mass is 16.5. The Kier molecular flexibility index (Phi) is 5.94. The fourth-order valence-corrected chi connectivity index (χ4v) is 3.15. The van der Waals surface area contributed by atoms with Crippen LogP contribution in [-0.2, 0) is 9.53 Å². The van der Waals surface area contributed by atoms with Crippen molar-refractivity contribution in [3.63, 3.8) is 0 Å². The highest BCUT2D eigenvalue weighted by Crippen LogP contribution is 2.24. The number of nitrogens with one attached hydrogen (secondary N) is 1. The lowest BCUT2D eigenvalue weighted by atomic mass is 10.00. The molecule has 5 heteroatoms. The Morgan fingerprint density at radius 3 is 2.57 bits per heavy atom. The Morgan fingerprint density at radius 2 is 1.79 bits per heavy atom. The number of fused-ring (bicyclic) bond motifs is 1. The Hall–Kier alpha value is -3.34. The molecule has 0 spiro atoms. The first-order valence-corrected chi connectivity index (χ1v) is 9.08. The third-order valence-electron chi connectivity index (χ3n) is 4.65. The van der Waals surface area contributed by atoms with Gasteiger partial charge in [0.05, 0.1) is 18.7 Å². The average molecular weight is 377 g/mol. The normalized spacial score (nSPS) is 11.7. The maximum atomic E-state index is 12.3. The van der Waals surface area contributed by atoms with Gasteiger partial charge in [0.2, 0.25) is 0 Å². The second-order valence-electron chi connectivity index (χ2n) is 6.62. The molecule has 28 heavy (non-hydrogen) atoms. The van der Waals surface area contributed by atoms with Gasteiger partial charge in [0.15, 0.2) is 6.61 Å². The van der Waals surface area contributed by atoms with E-state index in [1.807, 2.05) is 56.3 Å². The molecule has 1 amide bonds. The number of ether oxygens (including phenoxy) is 2. The first kappa shape index (κ1) is 19.4. The molecule has 1 N–H and O–H groups in total. The topological polar surface area (TPSA) is 64.6 Å². The van der Waals surface area contributed by atoms with Gasteiger partial charge in [0, 0.05) is 0 Å². The van der Waals surface area contributed by atoms with Crippen molar-refractivity contribution in [1.82, 2.24) is 5.32 Å². The predicted molar refractivity (Wildman–Crippen MR) is 109 cm³/mol. The van der Waals surface area contributed by atoms with E-state index in [0.29, 0.717) is 11.3 Å². The molecular weight excluding hydrogens is 354 g/mol. The zero-order valence-electron chi connectivity index (χ0n) is 16.2. The smallest absolute Gasteiger partial charge is 0.338 e. The van der Waals surface area contributed by atoms with Crippen molar-refractivity contribution in [3.8, 4) is 5.75 Å². The Bertz CT molecular complexity index is 1010. The molecule has 0 fully saturated rings. The summed E-state index contributed by atoms with van der Waals surface area (Å²) in [6, 6.07) is 18.8. The van der Waals surface area contributed by atoms with Crippen LogP contribution in [-0.4, -0.2) is 25.6 Å². The van der Waals surface area contributed by atoms with Crippen LogP contribution < -0.4 is 10.1 Å². The summed E-state index contributed by atoms with van der Waals surface area (Å²) in [5, 5.41) is 5.08. The van der Waals surface area contributed by atoms with Gasteiger partial charge in [-0.25, -0.2) is 4.79 Å². The van der Waals surface area contributed by atoms with Crippen molar-refractivity contribution < 1.29 is 19.1 Å². The Morgan fingerprint density at radius 1 is 1.04 bits per heavy atom. The summed E-state index contributed by atoms with van der Waals surface area (Å²) < 4.78 is 10.4. The van der Waals surface area contributed by atoms with Crippen molar-refractivity contribution in [1.29, 1.82) is 0 Å². The van der Waals surface area contributed by atoms with Crippen LogP contribution >= 0.6 is 0 Å². The molecule has 144 valence electrons. The van der Waals surface area contributed by atoms with Crippen LogP contribution in [0.5, 0.6) is 5.75 Å². The minimum atomic E-state index is -0.564. The van der Waals surface area contributed by atoms with E-state index in [4.69, 9.17) is 9.47 Å². The number of benzene rings is 3. The minimum Gasteiger partial charge on any atom is -0.496 e. The molecular formula is C23H23NO4. The summed E-state index contributed by atoms with van der Waals surface area (Å²) in [5.74, 6) is -0.317. The number of amides is 1. The molecule has 1 atom stereocenters. The van der Waals surface area contributed by atoms with Crippen LogP contribution in [0.1, 0.15) is 34.5 Å². The lowest BCUT2D eigenvalue weighted by molar-refractivity contribution is -0.124. The van der Waals surface area contributed by atoms with Gasteiger partial charge < -0.3 is 14.8 Å². The minimum absolute atomic E-state index is 0.211. The van der Waals surface area contributed by atoms with E-state index in [1.54, 1.807) is 25.3 Å². The van der Waals surface area contributed by atoms with Crippen molar-refractivity contribution in [3.05, 3.63) is 77.4 Å². The zero-order valence-corrected chi connectivity index (χ0v) is 16.2. The molecule has 0 radical (unpaired) electrons. The summed E-state index contributed by atoms with van der Waals surface area (Å²) in [6.07, 6.45) is 0. The first-order valence-electron chi connectivity index (χ1n) is 9.08. The fraction of sp³-hybridized carbons (Fsp3) is 0.217. The number of esters is 1. The van der Waals surface area contributed by atoms with Gasteiger partial charge in [-0.2, -0.15) is 0 Å². The Labute approximate surface area is 164 Å². The number of aryl methyl sites for hydroxylation is 1. The zero-order chi connectivity index (χ0) is 20.1.